The second-order valence-electron chi connectivity index (χ2n) is 5.90. The number of rotatable bonds is 6. The molecule has 0 saturated heterocycles. The monoisotopic (exact) mass is 371 g/mol. The molecule has 1 heterocycles. The molecule has 0 unspecified atom stereocenters. The Hall–Kier alpha value is -2.47. The van der Waals surface area contributed by atoms with Gasteiger partial charge in [-0.25, -0.2) is 4.79 Å². The summed E-state index contributed by atoms with van der Waals surface area (Å²) < 4.78 is 9.89. The van der Waals surface area contributed by atoms with Crippen LogP contribution in [-0.2, 0) is 16.0 Å². The number of carbonyl (C=O) groups is 2. The number of benzene rings is 2. The van der Waals surface area contributed by atoms with E-state index in [0.29, 0.717) is 18.5 Å². The van der Waals surface area contributed by atoms with Gasteiger partial charge < -0.3 is 14.4 Å². The zero-order chi connectivity index (χ0) is 18.5. The number of carbonyl (C=O) groups excluding carboxylic acids is 2. The maximum Gasteiger partial charge on any atom is 0.337 e. The number of amides is 1. The molecule has 0 atom stereocenters. The fourth-order valence-corrected chi connectivity index (χ4v) is 3.81. The molecule has 0 spiro atoms. The quantitative estimate of drug-likeness (QED) is 0.574. The highest BCUT2D eigenvalue weighted by Crippen LogP contribution is 2.30. The number of thioether (sulfide) groups is 1. The van der Waals surface area contributed by atoms with E-state index >= 15 is 0 Å². The molecule has 136 valence electrons. The molecule has 26 heavy (non-hydrogen) atoms. The molecule has 2 aromatic rings. The first-order valence-corrected chi connectivity index (χ1v) is 9.39. The Bertz CT molecular complexity index is 804. The summed E-state index contributed by atoms with van der Waals surface area (Å²) in [6.45, 7) is 0.659. The van der Waals surface area contributed by atoms with Crippen molar-refractivity contribution in [3.05, 3.63) is 53.6 Å². The van der Waals surface area contributed by atoms with Gasteiger partial charge in [-0.1, -0.05) is 0 Å². The van der Waals surface area contributed by atoms with Crippen molar-refractivity contribution in [2.75, 3.05) is 31.4 Å². The van der Waals surface area contributed by atoms with Crippen LogP contribution in [0.4, 0.5) is 5.69 Å². The Kier molecular flexibility index (Phi) is 5.83. The second-order valence-corrected chi connectivity index (χ2v) is 7.07. The number of hydrogen-bond acceptors (Lipinski definition) is 5. The standard InChI is InChI=1S/C20H21NO4S/c1-24-16-4-6-17(7-5-16)26-12-10-19(22)21-11-9-14-13-15(20(23)25-2)3-8-18(14)21/h3-8,13H,9-12H2,1-2H3. The molecule has 5 nitrogen and oxygen atoms in total. The van der Waals surface area contributed by atoms with Crippen LogP contribution in [0.1, 0.15) is 22.3 Å². The molecule has 1 aliphatic rings. The predicted molar refractivity (Wildman–Crippen MR) is 102 cm³/mol. The van der Waals surface area contributed by atoms with Crippen LogP contribution in [0, 0.1) is 0 Å². The molecule has 0 aromatic heterocycles. The summed E-state index contributed by atoms with van der Waals surface area (Å²) in [6.07, 6.45) is 1.23. The first-order valence-electron chi connectivity index (χ1n) is 8.41. The molecular weight excluding hydrogens is 350 g/mol. The lowest BCUT2D eigenvalue weighted by molar-refractivity contribution is -0.118. The molecule has 0 bridgehead atoms. The van der Waals surface area contributed by atoms with Crippen molar-refractivity contribution < 1.29 is 19.1 Å². The van der Waals surface area contributed by atoms with E-state index in [-0.39, 0.29) is 11.9 Å². The normalized spacial score (nSPS) is 12.6. The summed E-state index contributed by atoms with van der Waals surface area (Å²) >= 11 is 1.65. The molecule has 2 aromatic carbocycles. The largest absolute Gasteiger partial charge is 0.497 e. The molecule has 0 fully saturated rings. The van der Waals surface area contributed by atoms with Crippen molar-refractivity contribution in [3.8, 4) is 5.75 Å². The smallest absolute Gasteiger partial charge is 0.337 e. The van der Waals surface area contributed by atoms with Crippen molar-refractivity contribution in [1.29, 1.82) is 0 Å². The lowest BCUT2D eigenvalue weighted by Gasteiger charge is -2.17. The lowest BCUT2D eigenvalue weighted by atomic mass is 10.1. The third kappa shape index (κ3) is 4.02. The molecule has 0 saturated carbocycles. The van der Waals surface area contributed by atoms with Gasteiger partial charge in [-0.15, -0.1) is 11.8 Å². The number of esters is 1. The minimum absolute atomic E-state index is 0.107. The highest BCUT2D eigenvalue weighted by molar-refractivity contribution is 7.99. The van der Waals surface area contributed by atoms with Crippen LogP contribution in [0.25, 0.3) is 0 Å². The summed E-state index contributed by atoms with van der Waals surface area (Å²) in [5.41, 5.74) is 2.44. The average molecular weight is 371 g/mol. The molecule has 1 amide bonds. The number of hydrogen-bond donors (Lipinski definition) is 0. The first-order chi connectivity index (χ1) is 12.6. The van der Waals surface area contributed by atoms with Gasteiger partial charge in [0.25, 0.3) is 0 Å². The van der Waals surface area contributed by atoms with Gasteiger partial charge in [0.2, 0.25) is 5.91 Å². The number of fused-ring (bicyclic) bond motifs is 1. The van der Waals surface area contributed by atoms with E-state index < -0.39 is 0 Å². The molecular formula is C20H21NO4S. The molecule has 0 N–H and O–H groups in total. The Morgan fingerprint density at radius 3 is 2.58 bits per heavy atom. The maximum absolute atomic E-state index is 12.6. The zero-order valence-corrected chi connectivity index (χ0v) is 15.7. The number of ether oxygens (including phenoxy) is 2. The number of anilines is 1. The van der Waals surface area contributed by atoms with E-state index in [9.17, 15) is 9.59 Å². The van der Waals surface area contributed by atoms with E-state index in [1.807, 2.05) is 41.3 Å². The highest BCUT2D eigenvalue weighted by atomic mass is 32.2. The van der Waals surface area contributed by atoms with Crippen molar-refractivity contribution in [2.24, 2.45) is 0 Å². The maximum atomic E-state index is 12.6. The van der Waals surface area contributed by atoms with Gasteiger partial charge in [-0.2, -0.15) is 0 Å². The zero-order valence-electron chi connectivity index (χ0n) is 14.9. The second kappa shape index (κ2) is 8.27. The Morgan fingerprint density at radius 2 is 1.88 bits per heavy atom. The summed E-state index contributed by atoms with van der Waals surface area (Å²) in [7, 11) is 3.01. The molecule has 3 rings (SSSR count). The summed E-state index contributed by atoms with van der Waals surface area (Å²) in [6, 6.07) is 13.2. The summed E-state index contributed by atoms with van der Waals surface area (Å²) in [5.74, 6) is 1.30. The Balaban J connectivity index is 1.57. The predicted octanol–water partition coefficient (Wildman–Crippen LogP) is 3.55. The van der Waals surface area contributed by atoms with Crippen LogP contribution in [0.2, 0.25) is 0 Å². The van der Waals surface area contributed by atoms with Crippen molar-refractivity contribution in [1.82, 2.24) is 0 Å². The third-order valence-corrected chi connectivity index (χ3v) is 5.36. The third-order valence-electron chi connectivity index (χ3n) is 4.34. The van der Waals surface area contributed by atoms with Crippen LogP contribution in [0.15, 0.2) is 47.4 Å². The van der Waals surface area contributed by atoms with Crippen LogP contribution >= 0.6 is 11.8 Å². The van der Waals surface area contributed by atoms with E-state index in [4.69, 9.17) is 9.47 Å². The molecule has 0 radical (unpaired) electrons. The van der Waals surface area contributed by atoms with Crippen LogP contribution in [0.3, 0.4) is 0 Å². The molecule has 1 aliphatic heterocycles. The summed E-state index contributed by atoms with van der Waals surface area (Å²) in [5, 5.41) is 0. The van der Waals surface area contributed by atoms with Crippen molar-refractivity contribution >= 4 is 29.3 Å². The average Bonchev–Trinajstić information content (AvgIpc) is 3.11. The lowest BCUT2D eigenvalue weighted by Crippen LogP contribution is -2.29. The SMILES string of the molecule is COC(=O)c1ccc2c(c1)CCN2C(=O)CCSc1ccc(OC)cc1. The molecule has 0 aliphatic carbocycles. The topological polar surface area (TPSA) is 55.8 Å². The van der Waals surface area contributed by atoms with Crippen LogP contribution in [0.5, 0.6) is 5.75 Å². The van der Waals surface area contributed by atoms with E-state index in [2.05, 4.69) is 0 Å². The van der Waals surface area contributed by atoms with Crippen molar-refractivity contribution in [3.63, 3.8) is 0 Å². The van der Waals surface area contributed by atoms with Gasteiger partial charge in [-0.3, -0.25) is 4.79 Å². The fraction of sp³-hybridized carbons (Fsp3) is 0.300. The van der Waals surface area contributed by atoms with Gasteiger partial charge in [0, 0.05) is 29.3 Å². The van der Waals surface area contributed by atoms with E-state index in [0.717, 1.165) is 34.1 Å². The Morgan fingerprint density at radius 1 is 1.12 bits per heavy atom. The number of nitrogens with zero attached hydrogens (tertiary/aromatic N) is 1. The van der Waals surface area contributed by atoms with Crippen molar-refractivity contribution in [2.45, 2.75) is 17.7 Å². The Labute approximate surface area is 157 Å². The van der Waals surface area contributed by atoms with Gasteiger partial charge in [0.1, 0.15) is 5.75 Å². The fourth-order valence-electron chi connectivity index (χ4n) is 2.97. The first kappa shape index (κ1) is 18.3. The van der Waals surface area contributed by atoms with Gasteiger partial charge in [0.05, 0.1) is 19.8 Å². The van der Waals surface area contributed by atoms with Crippen LogP contribution in [-0.4, -0.2) is 38.4 Å². The van der Waals surface area contributed by atoms with Gasteiger partial charge >= 0.3 is 5.97 Å². The highest BCUT2D eigenvalue weighted by Gasteiger charge is 2.25. The van der Waals surface area contributed by atoms with Gasteiger partial charge in [-0.05, 0) is 54.4 Å². The minimum Gasteiger partial charge on any atom is -0.497 e. The van der Waals surface area contributed by atoms with Gasteiger partial charge in [0.15, 0.2) is 0 Å². The van der Waals surface area contributed by atoms with E-state index in [1.165, 1.54) is 7.11 Å². The summed E-state index contributed by atoms with van der Waals surface area (Å²) in [4.78, 5) is 27.1. The van der Waals surface area contributed by atoms with E-state index in [1.54, 1.807) is 24.9 Å². The molecule has 6 heteroatoms. The van der Waals surface area contributed by atoms with Crippen LogP contribution < -0.4 is 9.64 Å². The minimum atomic E-state index is -0.353. The number of methoxy groups -OCH3 is 2.